The Kier molecular flexibility index (Phi) is 4.02. The van der Waals surface area contributed by atoms with E-state index in [4.69, 9.17) is 4.74 Å². The van der Waals surface area contributed by atoms with Crippen LogP contribution in [0.25, 0.3) is 0 Å². The van der Waals surface area contributed by atoms with Crippen LogP contribution in [0.4, 0.5) is 0 Å². The van der Waals surface area contributed by atoms with Gasteiger partial charge in [0.05, 0.1) is 6.10 Å². The molecule has 0 radical (unpaired) electrons. The third-order valence-electron chi connectivity index (χ3n) is 3.69. The van der Waals surface area contributed by atoms with Crippen LogP contribution in [0.3, 0.4) is 0 Å². The molecule has 2 rings (SSSR count). The van der Waals surface area contributed by atoms with Gasteiger partial charge in [-0.1, -0.05) is 49.6 Å². The van der Waals surface area contributed by atoms with Crippen LogP contribution in [-0.2, 0) is 15.1 Å². The lowest BCUT2D eigenvalue weighted by molar-refractivity contribution is -0.175. The number of carboxylic acids is 1. The van der Waals surface area contributed by atoms with Crippen molar-refractivity contribution in [3.8, 4) is 0 Å². The second-order valence-corrected chi connectivity index (χ2v) is 5.08. The molecule has 0 amide bonds. The van der Waals surface area contributed by atoms with E-state index in [-0.39, 0.29) is 6.10 Å². The third-order valence-corrected chi connectivity index (χ3v) is 3.69. The fraction of sp³-hybridized carbons (Fsp3) is 0.533. The number of ether oxygens (including phenoxy) is 1. The summed E-state index contributed by atoms with van der Waals surface area (Å²) in [7, 11) is 0. The Balaban J connectivity index is 2.19. The average Bonchev–Trinajstić information content (AvgIpc) is 2.40. The lowest BCUT2D eigenvalue weighted by Gasteiger charge is -2.32. The highest BCUT2D eigenvalue weighted by molar-refractivity contribution is 5.78. The Labute approximate surface area is 108 Å². The Morgan fingerprint density at radius 1 is 1.22 bits per heavy atom. The Morgan fingerprint density at radius 2 is 1.83 bits per heavy atom. The normalized spacial score (nSPS) is 20.3. The molecule has 0 aromatic heterocycles. The van der Waals surface area contributed by atoms with Crippen LogP contribution in [-0.4, -0.2) is 17.2 Å². The summed E-state index contributed by atoms with van der Waals surface area (Å²) >= 11 is 0. The van der Waals surface area contributed by atoms with Crippen molar-refractivity contribution in [2.45, 2.75) is 50.7 Å². The first kappa shape index (κ1) is 13.1. The summed E-state index contributed by atoms with van der Waals surface area (Å²) in [6.45, 7) is 1.65. The van der Waals surface area contributed by atoms with Crippen molar-refractivity contribution in [2.75, 3.05) is 0 Å². The van der Waals surface area contributed by atoms with E-state index in [0.717, 1.165) is 25.7 Å². The van der Waals surface area contributed by atoms with Gasteiger partial charge >= 0.3 is 5.97 Å². The second kappa shape index (κ2) is 5.53. The largest absolute Gasteiger partial charge is 0.479 e. The molecule has 98 valence electrons. The molecule has 1 aromatic rings. The highest BCUT2D eigenvalue weighted by Gasteiger charge is 2.38. The summed E-state index contributed by atoms with van der Waals surface area (Å²) in [5.74, 6) is -0.917. The van der Waals surface area contributed by atoms with Crippen LogP contribution >= 0.6 is 0 Å². The number of carbonyl (C=O) groups is 1. The molecule has 0 spiro atoms. The van der Waals surface area contributed by atoms with Crippen LogP contribution in [0.1, 0.15) is 44.6 Å². The topological polar surface area (TPSA) is 46.5 Å². The number of benzene rings is 1. The van der Waals surface area contributed by atoms with Crippen LogP contribution in [0.15, 0.2) is 30.3 Å². The zero-order valence-electron chi connectivity index (χ0n) is 10.8. The maximum absolute atomic E-state index is 11.6. The fourth-order valence-electron chi connectivity index (χ4n) is 2.51. The molecule has 0 heterocycles. The van der Waals surface area contributed by atoms with Gasteiger partial charge in [-0.3, -0.25) is 0 Å². The lowest BCUT2D eigenvalue weighted by atomic mass is 9.93. The van der Waals surface area contributed by atoms with Crippen molar-refractivity contribution in [3.63, 3.8) is 0 Å². The van der Waals surface area contributed by atoms with Gasteiger partial charge in [-0.25, -0.2) is 4.79 Å². The Hall–Kier alpha value is -1.35. The van der Waals surface area contributed by atoms with E-state index in [1.165, 1.54) is 6.42 Å². The predicted molar refractivity (Wildman–Crippen MR) is 69.4 cm³/mol. The number of carboxylic acid groups (broad SMARTS) is 1. The van der Waals surface area contributed by atoms with E-state index in [0.29, 0.717) is 5.56 Å². The van der Waals surface area contributed by atoms with Gasteiger partial charge in [-0.05, 0) is 25.3 Å². The third kappa shape index (κ3) is 2.72. The van der Waals surface area contributed by atoms with Gasteiger partial charge in [-0.2, -0.15) is 0 Å². The molecule has 1 aliphatic carbocycles. The van der Waals surface area contributed by atoms with Gasteiger partial charge in [0.2, 0.25) is 0 Å². The Morgan fingerprint density at radius 3 is 2.39 bits per heavy atom. The molecule has 1 unspecified atom stereocenters. The van der Waals surface area contributed by atoms with E-state index in [1.807, 2.05) is 30.3 Å². The maximum atomic E-state index is 11.6. The van der Waals surface area contributed by atoms with Gasteiger partial charge in [0.1, 0.15) is 0 Å². The first-order chi connectivity index (χ1) is 8.63. The van der Waals surface area contributed by atoms with Crippen molar-refractivity contribution >= 4 is 5.97 Å². The number of rotatable bonds is 4. The summed E-state index contributed by atoms with van der Waals surface area (Å²) in [6.07, 6.45) is 5.50. The van der Waals surface area contributed by atoms with E-state index in [2.05, 4.69) is 0 Å². The molecule has 1 atom stereocenters. The molecule has 0 aliphatic heterocycles. The molecular weight excluding hydrogens is 228 g/mol. The molecule has 0 bridgehead atoms. The van der Waals surface area contributed by atoms with Gasteiger partial charge < -0.3 is 9.84 Å². The smallest absolute Gasteiger partial charge is 0.340 e. The average molecular weight is 248 g/mol. The van der Waals surface area contributed by atoms with Crippen molar-refractivity contribution < 1.29 is 14.6 Å². The van der Waals surface area contributed by atoms with E-state index in [1.54, 1.807) is 6.92 Å². The van der Waals surface area contributed by atoms with Gasteiger partial charge in [0.15, 0.2) is 5.60 Å². The first-order valence-electron chi connectivity index (χ1n) is 6.59. The zero-order chi connectivity index (χ0) is 13.0. The minimum atomic E-state index is -1.23. The van der Waals surface area contributed by atoms with E-state index in [9.17, 15) is 9.90 Å². The predicted octanol–water partition coefficient (Wildman–Crippen LogP) is 3.34. The standard InChI is InChI=1S/C15H20O3/c1-15(14(16)17,12-8-4-2-5-9-12)18-13-10-6-3-7-11-13/h2,4-5,8-9,13H,3,6-7,10-11H2,1H3,(H,16,17). The molecule has 3 heteroatoms. The van der Waals surface area contributed by atoms with Gasteiger partial charge in [0, 0.05) is 0 Å². The maximum Gasteiger partial charge on any atom is 0.340 e. The molecule has 18 heavy (non-hydrogen) atoms. The second-order valence-electron chi connectivity index (χ2n) is 5.08. The van der Waals surface area contributed by atoms with Crippen LogP contribution < -0.4 is 0 Å². The van der Waals surface area contributed by atoms with E-state index >= 15 is 0 Å². The molecule has 1 saturated carbocycles. The van der Waals surface area contributed by atoms with Crippen LogP contribution in [0.2, 0.25) is 0 Å². The van der Waals surface area contributed by atoms with Crippen LogP contribution in [0.5, 0.6) is 0 Å². The Bertz CT molecular complexity index is 395. The molecule has 1 aliphatic rings. The molecule has 1 fully saturated rings. The molecule has 1 aromatic carbocycles. The summed E-state index contributed by atoms with van der Waals surface area (Å²) in [6, 6.07) is 9.21. The highest BCUT2D eigenvalue weighted by atomic mass is 16.5. The van der Waals surface area contributed by atoms with Crippen molar-refractivity contribution in [1.82, 2.24) is 0 Å². The van der Waals surface area contributed by atoms with Gasteiger partial charge in [-0.15, -0.1) is 0 Å². The summed E-state index contributed by atoms with van der Waals surface area (Å²) in [5.41, 5.74) is -0.522. The fourth-order valence-corrected chi connectivity index (χ4v) is 2.51. The van der Waals surface area contributed by atoms with Crippen molar-refractivity contribution in [2.24, 2.45) is 0 Å². The zero-order valence-corrected chi connectivity index (χ0v) is 10.8. The highest BCUT2D eigenvalue weighted by Crippen LogP contribution is 2.31. The van der Waals surface area contributed by atoms with Crippen molar-refractivity contribution in [3.05, 3.63) is 35.9 Å². The molecular formula is C15H20O3. The first-order valence-corrected chi connectivity index (χ1v) is 6.59. The SMILES string of the molecule is CC(OC1CCCCC1)(C(=O)O)c1ccccc1. The van der Waals surface area contributed by atoms with E-state index < -0.39 is 11.6 Å². The van der Waals surface area contributed by atoms with Crippen molar-refractivity contribution in [1.29, 1.82) is 0 Å². The molecule has 0 saturated heterocycles. The van der Waals surface area contributed by atoms with Gasteiger partial charge in [0.25, 0.3) is 0 Å². The number of hydrogen-bond donors (Lipinski definition) is 1. The minimum Gasteiger partial charge on any atom is -0.479 e. The number of aliphatic carboxylic acids is 1. The molecule has 1 N–H and O–H groups in total. The minimum absolute atomic E-state index is 0.0695. The quantitative estimate of drug-likeness (QED) is 0.889. The summed E-state index contributed by atoms with van der Waals surface area (Å²) in [4.78, 5) is 11.6. The monoisotopic (exact) mass is 248 g/mol. The molecule has 3 nitrogen and oxygen atoms in total. The summed E-state index contributed by atoms with van der Waals surface area (Å²) < 4.78 is 5.93. The lowest BCUT2D eigenvalue weighted by Crippen LogP contribution is -2.39. The summed E-state index contributed by atoms with van der Waals surface area (Å²) in [5, 5.41) is 9.49. The van der Waals surface area contributed by atoms with Crippen LogP contribution in [0, 0.1) is 0 Å². The number of hydrogen-bond acceptors (Lipinski definition) is 2.